The topological polar surface area (TPSA) is 0 Å². The smallest absolute Gasteiger partial charge is 0.0177 e. The second kappa shape index (κ2) is 3.83. The maximum atomic E-state index is 2.43. The second-order valence-electron chi connectivity index (χ2n) is 3.60. The molecule has 1 aliphatic rings. The van der Waals surface area contributed by atoms with Crippen molar-refractivity contribution < 1.29 is 0 Å². The monoisotopic (exact) mass is 324 g/mol. The summed E-state index contributed by atoms with van der Waals surface area (Å²) in [6, 6.07) is 15.2. The van der Waals surface area contributed by atoms with Gasteiger partial charge in [0.15, 0.2) is 0 Å². The number of benzene rings is 2. The van der Waals surface area contributed by atoms with Gasteiger partial charge in [-0.2, -0.15) is 0 Å². The van der Waals surface area contributed by atoms with E-state index in [2.05, 4.69) is 65.1 Å². The first kappa shape index (κ1) is 9.73. The van der Waals surface area contributed by atoms with Gasteiger partial charge in [0.2, 0.25) is 0 Å². The Balaban J connectivity index is 2.15. The number of fused-ring (bicyclic) bond motifs is 2. The average molecular weight is 324 g/mol. The molecule has 0 atom stereocenters. The number of hydrogen-bond acceptors (Lipinski definition) is 1. The predicted molar refractivity (Wildman–Crippen MR) is 72.5 cm³/mol. The third-order valence-corrected chi connectivity index (χ3v) is 4.87. The first-order valence-corrected chi connectivity index (χ1v) is 6.77. The van der Waals surface area contributed by atoms with E-state index in [4.69, 9.17) is 0 Å². The Bertz CT molecular complexity index is 520. The number of halogens is 1. The van der Waals surface area contributed by atoms with Crippen molar-refractivity contribution in [1.82, 2.24) is 0 Å². The molecular weight excluding hydrogens is 315 g/mol. The standard InChI is InChI=1S/C13H9IS/c14-11-5-3-7-13-10(11)8-9-4-1-2-6-12(9)15-13/h1-7H,8H2. The van der Waals surface area contributed by atoms with Crippen molar-refractivity contribution in [3.8, 4) is 0 Å². The maximum Gasteiger partial charge on any atom is 0.0177 e. The summed E-state index contributed by atoms with van der Waals surface area (Å²) in [4.78, 5) is 2.83. The highest BCUT2D eigenvalue weighted by molar-refractivity contribution is 14.1. The molecule has 3 rings (SSSR count). The van der Waals surface area contributed by atoms with Crippen LogP contribution < -0.4 is 0 Å². The van der Waals surface area contributed by atoms with Gasteiger partial charge in [-0.3, -0.25) is 0 Å². The van der Waals surface area contributed by atoms with Crippen molar-refractivity contribution in [2.45, 2.75) is 16.2 Å². The largest absolute Gasteiger partial charge is 0.0895 e. The quantitative estimate of drug-likeness (QED) is 0.554. The molecule has 2 aromatic carbocycles. The Kier molecular flexibility index (Phi) is 2.48. The van der Waals surface area contributed by atoms with Crippen LogP contribution in [0.15, 0.2) is 52.3 Å². The van der Waals surface area contributed by atoms with Gasteiger partial charge in [0.1, 0.15) is 0 Å². The van der Waals surface area contributed by atoms with Crippen LogP contribution in [-0.4, -0.2) is 0 Å². The fraction of sp³-hybridized carbons (Fsp3) is 0.0769. The summed E-state index contributed by atoms with van der Waals surface area (Å²) in [5, 5.41) is 0. The van der Waals surface area contributed by atoms with E-state index in [1.54, 1.807) is 0 Å². The summed E-state index contributed by atoms with van der Waals surface area (Å²) in [7, 11) is 0. The van der Waals surface area contributed by atoms with E-state index in [9.17, 15) is 0 Å². The normalized spacial score (nSPS) is 13.1. The molecule has 2 aromatic rings. The third kappa shape index (κ3) is 1.70. The Hall–Kier alpha value is -0.480. The SMILES string of the molecule is Ic1cccc2c1Cc1ccccc1S2. The summed E-state index contributed by atoms with van der Waals surface area (Å²) in [6.45, 7) is 0. The summed E-state index contributed by atoms with van der Waals surface area (Å²) >= 11 is 4.32. The third-order valence-electron chi connectivity index (χ3n) is 2.64. The highest BCUT2D eigenvalue weighted by Crippen LogP contribution is 2.40. The zero-order chi connectivity index (χ0) is 10.3. The molecule has 0 aromatic heterocycles. The molecule has 2 heteroatoms. The predicted octanol–water partition coefficient (Wildman–Crippen LogP) is 4.35. The Labute approximate surface area is 107 Å². The van der Waals surface area contributed by atoms with Gasteiger partial charge in [-0.05, 0) is 51.9 Å². The Morgan fingerprint density at radius 1 is 0.933 bits per heavy atom. The Morgan fingerprint density at radius 2 is 1.73 bits per heavy atom. The second-order valence-corrected chi connectivity index (χ2v) is 5.85. The molecule has 0 nitrogen and oxygen atoms in total. The van der Waals surface area contributed by atoms with E-state index >= 15 is 0 Å². The lowest BCUT2D eigenvalue weighted by Crippen LogP contribution is -2.01. The average Bonchev–Trinajstić information content (AvgIpc) is 2.27. The van der Waals surface area contributed by atoms with Crippen LogP contribution in [0.1, 0.15) is 11.1 Å². The molecule has 0 N–H and O–H groups in total. The molecule has 0 unspecified atom stereocenters. The highest BCUT2D eigenvalue weighted by Gasteiger charge is 2.16. The molecule has 0 radical (unpaired) electrons. The molecule has 0 saturated carbocycles. The van der Waals surface area contributed by atoms with Crippen LogP contribution in [0, 0.1) is 3.57 Å². The molecular formula is C13H9IS. The van der Waals surface area contributed by atoms with Crippen molar-refractivity contribution in [3.05, 3.63) is 57.2 Å². The van der Waals surface area contributed by atoms with E-state index < -0.39 is 0 Å². The van der Waals surface area contributed by atoms with Crippen LogP contribution >= 0.6 is 34.4 Å². The lowest BCUT2D eigenvalue weighted by Gasteiger charge is -2.19. The minimum absolute atomic E-state index is 1.08. The minimum Gasteiger partial charge on any atom is -0.0895 e. The zero-order valence-corrected chi connectivity index (χ0v) is 11.0. The first-order valence-electron chi connectivity index (χ1n) is 4.88. The molecule has 0 spiro atoms. The van der Waals surface area contributed by atoms with Gasteiger partial charge in [0.25, 0.3) is 0 Å². The van der Waals surface area contributed by atoms with Crippen LogP contribution in [0.25, 0.3) is 0 Å². The lowest BCUT2D eigenvalue weighted by molar-refractivity contribution is 1.04. The van der Waals surface area contributed by atoms with Gasteiger partial charge in [-0.25, -0.2) is 0 Å². The van der Waals surface area contributed by atoms with E-state index in [1.165, 1.54) is 24.5 Å². The molecule has 1 aliphatic heterocycles. The van der Waals surface area contributed by atoms with Crippen LogP contribution in [0.4, 0.5) is 0 Å². The van der Waals surface area contributed by atoms with Crippen molar-refractivity contribution in [2.75, 3.05) is 0 Å². The van der Waals surface area contributed by atoms with E-state index in [0.717, 1.165) is 6.42 Å². The van der Waals surface area contributed by atoms with Crippen LogP contribution in [0.3, 0.4) is 0 Å². The van der Waals surface area contributed by atoms with Crippen LogP contribution in [-0.2, 0) is 6.42 Å². The summed E-state index contributed by atoms with van der Waals surface area (Å²) < 4.78 is 1.38. The zero-order valence-electron chi connectivity index (χ0n) is 8.03. The van der Waals surface area contributed by atoms with Crippen LogP contribution in [0.2, 0.25) is 0 Å². The van der Waals surface area contributed by atoms with E-state index in [-0.39, 0.29) is 0 Å². The number of hydrogen-bond donors (Lipinski definition) is 0. The molecule has 1 heterocycles. The van der Waals surface area contributed by atoms with Gasteiger partial charge >= 0.3 is 0 Å². The van der Waals surface area contributed by atoms with Crippen LogP contribution in [0.5, 0.6) is 0 Å². The van der Waals surface area contributed by atoms with Gasteiger partial charge < -0.3 is 0 Å². The van der Waals surface area contributed by atoms with Crippen molar-refractivity contribution in [3.63, 3.8) is 0 Å². The molecule has 0 fully saturated rings. The lowest BCUT2D eigenvalue weighted by atomic mass is 10.0. The molecule has 0 amide bonds. The molecule has 0 aliphatic carbocycles. The molecule has 0 bridgehead atoms. The highest BCUT2D eigenvalue weighted by atomic mass is 127. The number of rotatable bonds is 0. The van der Waals surface area contributed by atoms with E-state index in [1.807, 2.05) is 11.8 Å². The first-order chi connectivity index (χ1) is 7.34. The van der Waals surface area contributed by atoms with Gasteiger partial charge in [0, 0.05) is 19.8 Å². The summed E-state index contributed by atoms with van der Waals surface area (Å²) in [5.41, 5.74) is 2.95. The van der Waals surface area contributed by atoms with Gasteiger partial charge in [-0.1, -0.05) is 36.0 Å². The molecule has 74 valence electrons. The van der Waals surface area contributed by atoms with Gasteiger partial charge in [0.05, 0.1) is 0 Å². The fourth-order valence-corrected chi connectivity index (χ4v) is 3.84. The molecule has 15 heavy (non-hydrogen) atoms. The van der Waals surface area contributed by atoms with Crippen molar-refractivity contribution in [2.24, 2.45) is 0 Å². The fourth-order valence-electron chi connectivity index (χ4n) is 1.86. The van der Waals surface area contributed by atoms with Gasteiger partial charge in [-0.15, -0.1) is 0 Å². The van der Waals surface area contributed by atoms with Crippen molar-refractivity contribution >= 4 is 34.4 Å². The van der Waals surface area contributed by atoms with E-state index in [0.29, 0.717) is 0 Å². The summed E-state index contributed by atoms with van der Waals surface area (Å²) in [5.74, 6) is 0. The minimum atomic E-state index is 1.08. The molecule has 0 saturated heterocycles. The maximum absolute atomic E-state index is 2.43. The Morgan fingerprint density at radius 3 is 2.67 bits per heavy atom. The summed E-state index contributed by atoms with van der Waals surface area (Å²) in [6.07, 6.45) is 1.08. The van der Waals surface area contributed by atoms with Crippen molar-refractivity contribution in [1.29, 1.82) is 0 Å².